The fourth-order valence-electron chi connectivity index (χ4n) is 6.28. The number of furan rings is 1. The molecule has 5 rings (SSSR count). The number of piperazine rings is 1. The molecule has 0 amide bonds. The van der Waals surface area contributed by atoms with Crippen LogP contribution in [0, 0.1) is 12.7 Å². The molecule has 0 radical (unpaired) electrons. The fraction of sp³-hybridized carbons (Fsp3) is 0.400. The van der Waals surface area contributed by atoms with E-state index in [2.05, 4.69) is 5.32 Å². The Kier molecular flexibility index (Phi) is 11.8. The quantitative estimate of drug-likeness (QED) is 0.167. The minimum absolute atomic E-state index is 0.0289. The van der Waals surface area contributed by atoms with Crippen molar-refractivity contribution in [1.82, 2.24) is 19.4 Å². The molecule has 1 saturated heterocycles. The molecule has 18 heteroatoms. The number of nitrogens with zero attached hydrogens (tertiary/aromatic N) is 4. The molecule has 3 heterocycles. The molecule has 2 aromatic heterocycles. The number of carboxylic acid groups (broad SMARTS) is 1. The molecule has 4 aromatic rings. The summed E-state index contributed by atoms with van der Waals surface area (Å²) in [6.45, 7) is 0.767. The molecule has 1 aliphatic heterocycles. The maximum absolute atomic E-state index is 15.1. The summed E-state index contributed by atoms with van der Waals surface area (Å²) in [5, 5.41) is 21.9. The molecule has 2 aromatic carbocycles. The van der Waals surface area contributed by atoms with Crippen molar-refractivity contribution in [1.29, 1.82) is 0 Å². The minimum atomic E-state index is -4.97. The van der Waals surface area contributed by atoms with Crippen LogP contribution in [0.25, 0.3) is 0 Å². The first-order valence-electron chi connectivity index (χ1n) is 16.5. The van der Waals surface area contributed by atoms with Gasteiger partial charge in [-0.25, -0.2) is 14.0 Å². The molecule has 0 saturated carbocycles. The van der Waals surface area contributed by atoms with Crippen LogP contribution >= 0.6 is 0 Å². The lowest BCUT2D eigenvalue weighted by Gasteiger charge is -2.36. The van der Waals surface area contributed by atoms with E-state index < -0.39 is 71.0 Å². The van der Waals surface area contributed by atoms with Gasteiger partial charge in [-0.3, -0.25) is 18.8 Å². The predicted octanol–water partition coefficient (Wildman–Crippen LogP) is 4.63. The highest BCUT2D eigenvalue weighted by Gasteiger charge is 2.36. The molecule has 11 nitrogen and oxygen atoms in total. The Bertz CT molecular complexity index is 2020. The van der Waals surface area contributed by atoms with E-state index in [1.165, 1.54) is 13.0 Å². The van der Waals surface area contributed by atoms with E-state index in [1.807, 2.05) is 0 Å². The topological polar surface area (TPSA) is 133 Å². The summed E-state index contributed by atoms with van der Waals surface area (Å²) in [6.07, 6.45) is -11.6. The maximum atomic E-state index is 15.1. The van der Waals surface area contributed by atoms with Crippen LogP contribution < -0.4 is 21.5 Å². The van der Waals surface area contributed by atoms with Crippen LogP contribution in [-0.4, -0.2) is 69.0 Å². The number of benzene rings is 2. The first kappa shape index (κ1) is 39.3. The first-order chi connectivity index (χ1) is 25.0. The van der Waals surface area contributed by atoms with Gasteiger partial charge >= 0.3 is 24.0 Å². The first-order valence-corrected chi connectivity index (χ1v) is 16.5. The smallest absolute Gasteiger partial charge is 0.449 e. The van der Waals surface area contributed by atoms with Gasteiger partial charge in [-0.15, -0.1) is 0 Å². The van der Waals surface area contributed by atoms with Gasteiger partial charge < -0.3 is 24.8 Å². The number of aromatic nitrogens is 2. The fourth-order valence-corrected chi connectivity index (χ4v) is 6.28. The second kappa shape index (κ2) is 16.0. The Hall–Kier alpha value is -4.94. The summed E-state index contributed by atoms with van der Waals surface area (Å²) in [4.78, 5) is 43.0. The van der Waals surface area contributed by atoms with Gasteiger partial charge in [-0.2, -0.15) is 26.3 Å². The Labute approximate surface area is 297 Å². The maximum Gasteiger partial charge on any atom is 0.449 e. The standard InChI is InChI=1S/C35H36F7N5O6/c1-21-30(45-16-14-44(15-17-45)18-23-10-11-29(53-23)35(40,41)42)31(49)47(20-27(22-6-3-2-4-7-22)43-13-12-28(48)32(50)51)33(52)46(21)19-24-25(34(37,38)39)8-5-9-26(24)36/h2-11,27-28,43,48H,12-20H2,1H3,(H,50,51). The summed E-state index contributed by atoms with van der Waals surface area (Å²) in [7, 11) is 0. The summed E-state index contributed by atoms with van der Waals surface area (Å²) >= 11 is 0. The van der Waals surface area contributed by atoms with E-state index in [4.69, 9.17) is 9.52 Å². The van der Waals surface area contributed by atoms with E-state index in [1.54, 1.807) is 40.1 Å². The molecular weight excluding hydrogens is 719 g/mol. The largest absolute Gasteiger partial charge is 0.479 e. The number of nitrogens with one attached hydrogen (secondary N) is 1. The minimum Gasteiger partial charge on any atom is -0.479 e. The number of hydrogen-bond acceptors (Lipinski definition) is 8. The average Bonchev–Trinajstić information content (AvgIpc) is 3.58. The summed E-state index contributed by atoms with van der Waals surface area (Å²) in [6, 6.07) is 12.0. The molecular formula is C35H36F7N5O6. The normalized spacial score (nSPS) is 15.5. The Morgan fingerprint density at radius 2 is 1.57 bits per heavy atom. The summed E-state index contributed by atoms with van der Waals surface area (Å²) in [5.41, 5.74) is -3.46. The third-order valence-corrected chi connectivity index (χ3v) is 9.07. The molecule has 0 aliphatic carbocycles. The molecule has 53 heavy (non-hydrogen) atoms. The lowest BCUT2D eigenvalue weighted by atomic mass is 10.1. The highest BCUT2D eigenvalue weighted by atomic mass is 19.4. The zero-order valence-corrected chi connectivity index (χ0v) is 28.3. The molecule has 2 unspecified atom stereocenters. The van der Waals surface area contributed by atoms with Gasteiger partial charge in [-0.05, 0) is 49.7 Å². The van der Waals surface area contributed by atoms with Crippen molar-refractivity contribution in [2.45, 2.75) is 57.5 Å². The van der Waals surface area contributed by atoms with Crippen molar-refractivity contribution in [3.8, 4) is 0 Å². The number of aliphatic hydroxyl groups excluding tert-OH is 1. The van der Waals surface area contributed by atoms with Crippen molar-refractivity contribution in [3.63, 3.8) is 0 Å². The number of carboxylic acids is 1. The van der Waals surface area contributed by atoms with E-state index in [-0.39, 0.29) is 69.4 Å². The van der Waals surface area contributed by atoms with Crippen molar-refractivity contribution >= 4 is 11.7 Å². The van der Waals surface area contributed by atoms with Gasteiger partial charge in [0.25, 0.3) is 5.56 Å². The van der Waals surface area contributed by atoms with Gasteiger partial charge in [0.15, 0.2) is 6.10 Å². The number of hydrogen-bond donors (Lipinski definition) is 3. The third-order valence-electron chi connectivity index (χ3n) is 9.07. The van der Waals surface area contributed by atoms with Crippen LogP contribution in [0.2, 0.25) is 0 Å². The Morgan fingerprint density at radius 1 is 0.887 bits per heavy atom. The molecule has 0 bridgehead atoms. The molecule has 1 aliphatic rings. The second-order valence-electron chi connectivity index (χ2n) is 12.6. The molecule has 2 atom stereocenters. The van der Waals surface area contributed by atoms with Crippen LogP contribution in [0.4, 0.5) is 36.4 Å². The number of rotatable bonds is 13. The predicted molar refractivity (Wildman–Crippen MR) is 177 cm³/mol. The van der Waals surface area contributed by atoms with E-state index in [9.17, 15) is 45.8 Å². The van der Waals surface area contributed by atoms with E-state index in [0.717, 1.165) is 27.3 Å². The Balaban J connectivity index is 1.53. The van der Waals surface area contributed by atoms with Gasteiger partial charge in [0, 0.05) is 37.4 Å². The highest BCUT2D eigenvalue weighted by Crippen LogP contribution is 2.34. The van der Waals surface area contributed by atoms with Crippen LogP contribution in [0.3, 0.4) is 0 Å². The third kappa shape index (κ3) is 9.17. The van der Waals surface area contributed by atoms with Crippen LogP contribution in [-0.2, 0) is 36.8 Å². The van der Waals surface area contributed by atoms with Crippen molar-refractivity contribution in [2.75, 3.05) is 37.6 Å². The van der Waals surface area contributed by atoms with Gasteiger partial charge in [0.2, 0.25) is 5.76 Å². The highest BCUT2D eigenvalue weighted by molar-refractivity contribution is 5.71. The number of alkyl halides is 6. The number of anilines is 1. The van der Waals surface area contributed by atoms with Crippen molar-refractivity contribution in [3.05, 3.63) is 121 Å². The monoisotopic (exact) mass is 755 g/mol. The number of carbonyl (C=O) groups is 1. The molecule has 3 N–H and O–H groups in total. The van der Waals surface area contributed by atoms with Gasteiger partial charge in [0.1, 0.15) is 17.3 Å². The lowest BCUT2D eigenvalue weighted by Crippen LogP contribution is -2.51. The van der Waals surface area contributed by atoms with E-state index in [0.29, 0.717) is 11.6 Å². The van der Waals surface area contributed by atoms with Crippen molar-refractivity contribution in [2.24, 2.45) is 0 Å². The zero-order valence-electron chi connectivity index (χ0n) is 28.3. The van der Waals surface area contributed by atoms with Crippen molar-refractivity contribution < 1.29 is 50.2 Å². The molecule has 286 valence electrons. The average molecular weight is 756 g/mol. The number of aliphatic hydroxyl groups is 1. The summed E-state index contributed by atoms with van der Waals surface area (Å²) in [5.74, 6) is -3.74. The molecule has 0 spiro atoms. The number of halogens is 7. The second-order valence-corrected chi connectivity index (χ2v) is 12.6. The van der Waals surface area contributed by atoms with Crippen LogP contribution in [0.5, 0.6) is 0 Å². The zero-order chi connectivity index (χ0) is 38.7. The van der Waals surface area contributed by atoms with Crippen LogP contribution in [0.1, 0.15) is 46.4 Å². The van der Waals surface area contributed by atoms with E-state index >= 15 is 4.39 Å². The lowest BCUT2D eigenvalue weighted by molar-refractivity contribution is -0.153. The van der Waals surface area contributed by atoms with Gasteiger partial charge in [0.05, 0.1) is 31.2 Å². The molecule has 1 fully saturated rings. The van der Waals surface area contributed by atoms with Crippen LogP contribution in [0.15, 0.2) is 74.7 Å². The number of aliphatic carboxylic acids is 1. The SMILES string of the molecule is Cc1c(N2CCN(Cc3ccc(C(F)(F)F)o3)CC2)c(=O)n(CC(NCCC(O)C(=O)O)c2ccccc2)c(=O)n1Cc1c(F)cccc1C(F)(F)F. The summed E-state index contributed by atoms with van der Waals surface area (Å²) < 4.78 is 103. The van der Waals surface area contributed by atoms with Gasteiger partial charge in [-0.1, -0.05) is 36.4 Å². The Morgan fingerprint density at radius 3 is 2.17 bits per heavy atom.